The van der Waals surface area contributed by atoms with Crippen molar-refractivity contribution in [1.82, 2.24) is 20.1 Å². The van der Waals surface area contributed by atoms with Gasteiger partial charge in [0.15, 0.2) is 5.16 Å². The second kappa shape index (κ2) is 11.3. The van der Waals surface area contributed by atoms with Crippen molar-refractivity contribution in [3.63, 3.8) is 0 Å². The van der Waals surface area contributed by atoms with E-state index in [1.807, 2.05) is 23.9 Å². The summed E-state index contributed by atoms with van der Waals surface area (Å²) in [6, 6.07) is 10.8. The molecule has 3 rings (SSSR count). The molecular weight excluding hydrogens is 388 g/mol. The number of hydrogen-bond acceptors (Lipinski definition) is 5. The Morgan fingerprint density at radius 1 is 1.18 bits per heavy atom. The highest BCUT2D eigenvalue weighted by molar-refractivity contribution is 7.99. The first-order chi connectivity index (χ1) is 13.8. The van der Waals surface area contributed by atoms with Crippen LogP contribution in [0, 0.1) is 0 Å². The fraction of sp³-hybridized carbons (Fsp3) is 0.476. The molecule has 150 valence electrons. The lowest BCUT2D eigenvalue weighted by molar-refractivity contribution is -0.119. The molecule has 0 atom stereocenters. The first-order valence-electron chi connectivity index (χ1n) is 9.83. The van der Waals surface area contributed by atoms with Crippen molar-refractivity contribution in [3.8, 4) is 0 Å². The van der Waals surface area contributed by atoms with Gasteiger partial charge in [-0.25, -0.2) is 0 Å². The topological polar surface area (TPSA) is 59.8 Å². The van der Waals surface area contributed by atoms with Crippen LogP contribution in [-0.2, 0) is 22.8 Å². The zero-order valence-corrected chi connectivity index (χ0v) is 17.8. The number of carbonyl (C=O) groups is 1. The van der Waals surface area contributed by atoms with Gasteiger partial charge in [0, 0.05) is 18.3 Å². The number of hydrogen-bond donors (Lipinski definition) is 1. The van der Waals surface area contributed by atoms with E-state index in [1.165, 1.54) is 36.6 Å². The van der Waals surface area contributed by atoms with Crippen molar-refractivity contribution in [2.45, 2.75) is 61.4 Å². The van der Waals surface area contributed by atoms with Gasteiger partial charge in [-0.05, 0) is 18.4 Å². The maximum atomic E-state index is 12.3. The number of nitrogens with zero attached hydrogens (tertiary/aromatic N) is 3. The zero-order valence-electron chi connectivity index (χ0n) is 16.2. The molecular formula is C21H28N4OS2. The molecule has 0 radical (unpaired) electrons. The molecule has 0 aliphatic heterocycles. The van der Waals surface area contributed by atoms with E-state index in [0.29, 0.717) is 18.3 Å². The van der Waals surface area contributed by atoms with Gasteiger partial charge < -0.3 is 9.88 Å². The normalized spacial score (nSPS) is 14.7. The fourth-order valence-electron chi connectivity index (χ4n) is 3.33. The van der Waals surface area contributed by atoms with E-state index in [-0.39, 0.29) is 5.91 Å². The van der Waals surface area contributed by atoms with Crippen molar-refractivity contribution < 1.29 is 4.79 Å². The van der Waals surface area contributed by atoms with E-state index in [2.05, 4.69) is 50.9 Å². The van der Waals surface area contributed by atoms with Gasteiger partial charge in [-0.1, -0.05) is 67.4 Å². The molecule has 1 aliphatic rings. The van der Waals surface area contributed by atoms with Gasteiger partial charge >= 0.3 is 0 Å². The zero-order chi connectivity index (χ0) is 19.6. The molecule has 1 fully saturated rings. The Labute approximate surface area is 175 Å². The van der Waals surface area contributed by atoms with Crippen LogP contribution < -0.4 is 5.32 Å². The number of rotatable bonds is 10. The van der Waals surface area contributed by atoms with Gasteiger partial charge in [-0.3, -0.25) is 4.79 Å². The third kappa shape index (κ3) is 6.41. The van der Waals surface area contributed by atoms with E-state index >= 15 is 0 Å². The van der Waals surface area contributed by atoms with Crippen LogP contribution in [0.1, 0.15) is 43.5 Å². The first-order valence-corrected chi connectivity index (χ1v) is 12.0. The quantitative estimate of drug-likeness (QED) is 0.458. The lowest BCUT2D eigenvalue weighted by Gasteiger charge is -2.22. The highest BCUT2D eigenvalue weighted by atomic mass is 32.2. The van der Waals surface area contributed by atoms with E-state index in [9.17, 15) is 4.79 Å². The predicted molar refractivity (Wildman–Crippen MR) is 117 cm³/mol. The SMILES string of the molecule is C=CCn1c(CSCc2ccccc2)nnc1SCC(=O)NC1CCCCC1. The van der Waals surface area contributed by atoms with Crippen LogP contribution in [0.15, 0.2) is 48.1 Å². The van der Waals surface area contributed by atoms with Crippen LogP contribution >= 0.6 is 23.5 Å². The number of carbonyl (C=O) groups excluding carboxylic acids is 1. The molecule has 1 aromatic heterocycles. The number of allylic oxidation sites excluding steroid dienone is 1. The highest BCUT2D eigenvalue weighted by Crippen LogP contribution is 2.22. The molecule has 5 nitrogen and oxygen atoms in total. The van der Waals surface area contributed by atoms with Gasteiger partial charge in [0.1, 0.15) is 5.82 Å². The minimum Gasteiger partial charge on any atom is -0.353 e. The minimum atomic E-state index is 0.0880. The lowest BCUT2D eigenvalue weighted by atomic mass is 9.95. The molecule has 1 aromatic carbocycles. The first kappa shape index (κ1) is 21.0. The molecule has 0 spiro atoms. The Balaban J connectivity index is 1.51. The maximum absolute atomic E-state index is 12.3. The van der Waals surface area contributed by atoms with Crippen LogP contribution in [0.3, 0.4) is 0 Å². The molecule has 1 N–H and O–H groups in total. The predicted octanol–water partition coefficient (Wildman–Crippen LogP) is 4.44. The van der Waals surface area contributed by atoms with E-state index in [4.69, 9.17) is 0 Å². The molecule has 7 heteroatoms. The summed E-state index contributed by atoms with van der Waals surface area (Å²) in [5, 5.41) is 12.6. The summed E-state index contributed by atoms with van der Waals surface area (Å²) in [6.45, 7) is 4.50. The highest BCUT2D eigenvalue weighted by Gasteiger charge is 2.17. The molecule has 0 saturated heterocycles. The second-order valence-corrected chi connectivity index (χ2v) is 8.90. The van der Waals surface area contributed by atoms with Crippen LogP contribution in [0.4, 0.5) is 0 Å². The number of benzene rings is 1. The van der Waals surface area contributed by atoms with Crippen molar-refractivity contribution in [2.75, 3.05) is 5.75 Å². The average molecular weight is 417 g/mol. The fourth-order valence-corrected chi connectivity index (χ4v) is 5.03. The summed E-state index contributed by atoms with van der Waals surface area (Å²) in [4.78, 5) is 12.3. The summed E-state index contributed by atoms with van der Waals surface area (Å²) in [7, 11) is 0. The molecule has 1 aliphatic carbocycles. The molecule has 2 aromatic rings. The summed E-state index contributed by atoms with van der Waals surface area (Å²) in [5.74, 6) is 3.11. The van der Waals surface area contributed by atoms with Crippen LogP contribution in [0.25, 0.3) is 0 Å². The number of aromatic nitrogens is 3. The Bertz CT molecular complexity index is 757. The van der Waals surface area contributed by atoms with Crippen molar-refractivity contribution in [3.05, 3.63) is 54.4 Å². The molecule has 1 heterocycles. The van der Waals surface area contributed by atoms with Gasteiger partial charge in [-0.2, -0.15) is 0 Å². The Kier molecular flexibility index (Phi) is 8.48. The summed E-state index contributed by atoms with van der Waals surface area (Å²) < 4.78 is 2.06. The second-order valence-electron chi connectivity index (χ2n) is 6.97. The molecule has 0 unspecified atom stereocenters. The molecule has 28 heavy (non-hydrogen) atoms. The van der Waals surface area contributed by atoms with Gasteiger partial charge in [-0.15, -0.1) is 28.5 Å². The van der Waals surface area contributed by atoms with E-state index < -0.39 is 0 Å². The minimum absolute atomic E-state index is 0.0880. The third-order valence-corrected chi connectivity index (χ3v) is 6.72. The number of amides is 1. The molecule has 1 saturated carbocycles. The number of thioether (sulfide) groups is 2. The monoisotopic (exact) mass is 416 g/mol. The van der Waals surface area contributed by atoms with Crippen molar-refractivity contribution >= 4 is 29.4 Å². The Morgan fingerprint density at radius 3 is 2.71 bits per heavy atom. The summed E-state index contributed by atoms with van der Waals surface area (Å²) in [5.41, 5.74) is 1.30. The van der Waals surface area contributed by atoms with Crippen molar-refractivity contribution in [2.24, 2.45) is 0 Å². The third-order valence-electron chi connectivity index (χ3n) is 4.75. The Morgan fingerprint density at radius 2 is 1.96 bits per heavy atom. The van der Waals surface area contributed by atoms with Gasteiger partial charge in [0.25, 0.3) is 0 Å². The summed E-state index contributed by atoms with van der Waals surface area (Å²) in [6.07, 6.45) is 7.78. The average Bonchev–Trinajstić information content (AvgIpc) is 3.10. The largest absolute Gasteiger partial charge is 0.353 e. The summed E-state index contributed by atoms with van der Waals surface area (Å²) >= 11 is 3.27. The van der Waals surface area contributed by atoms with Crippen molar-refractivity contribution in [1.29, 1.82) is 0 Å². The van der Waals surface area contributed by atoms with Gasteiger partial charge in [0.05, 0.1) is 11.5 Å². The standard InChI is InChI=1S/C21H28N4OS2/c1-2-13-25-19(15-27-14-17-9-5-3-6-10-17)23-24-21(25)28-16-20(26)22-18-11-7-4-8-12-18/h2-3,5-6,9-10,18H,1,4,7-8,11-16H2,(H,22,26). The Hall–Kier alpha value is -1.73. The molecule has 1 amide bonds. The molecule has 0 bridgehead atoms. The van der Waals surface area contributed by atoms with Crippen LogP contribution in [-0.4, -0.2) is 32.5 Å². The van der Waals surface area contributed by atoms with Crippen LogP contribution in [0.5, 0.6) is 0 Å². The van der Waals surface area contributed by atoms with Gasteiger partial charge in [0.2, 0.25) is 5.91 Å². The van der Waals surface area contributed by atoms with Crippen LogP contribution in [0.2, 0.25) is 0 Å². The lowest BCUT2D eigenvalue weighted by Crippen LogP contribution is -2.37. The van der Waals surface area contributed by atoms with E-state index in [1.54, 1.807) is 0 Å². The van der Waals surface area contributed by atoms with E-state index in [0.717, 1.165) is 35.3 Å². The number of nitrogens with one attached hydrogen (secondary N) is 1. The maximum Gasteiger partial charge on any atom is 0.230 e. The smallest absolute Gasteiger partial charge is 0.230 e.